The molecule has 0 bridgehead atoms. The Bertz CT molecular complexity index is 138. The largest absolute Gasteiger partial charge is 0.481 e. The quantitative estimate of drug-likeness (QED) is 0.716. The average molecular weight is 176 g/mol. The lowest BCUT2D eigenvalue weighted by atomic mass is 10.2. The fourth-order valence-corrected chi connectivity index (χ4v) is 1.34. The van der Waals surface area contributed by atoms with E-state index in [-0.39, 0.29) is 10.7 Å². The lowest BCUT2D eigenvalue weighted by molar-refractivity contribution is -0.140. The summed E-state index contributed by atoms with van der Waals surface area (Å²) in [4.78, 5) is 10.4. The van der Waals surface area contributed by atoms with E-state index in [2.05, 4.69) is 20.8 Å². The minimum absolute atomic E-state index is 0.170. The standard InChI is InChI=1S/C8H16O2S/c1-6(7(9)10)5-11-8(2,3)4/h6H,5H2,1-4H3,(H,9,10). The molecule has 1 atom stereocenters. The average Bonchev–Trinajstić information content (AvgIpc) is 1.80. The van der Waals surface area contributed by atoms with Crippen molar-refractivity contribution < 1.29 is 9.90 Å². The monoisotopic (exact) mass is 176 g/mol. The fourth-order valence-electron chi connectivity index (χ4n) is 0.446. The minimum Gasteiger partial charge on any atom is -0.481 e. The first-order valence-corrected chi connectivity index (χ1v) is 4.68. The van der Waals surface area contributed by atoms with Gasteiger partial charge in [-0.25, -0.2) is 0 Å². The summed E-state index contributed by atoms with van der Waals surface area (Å²) in [5, 5.41) is 8.57. The first-order valence-electron chi connectivity index (χ1n) is 3.69. The van der Waals surface area contributed by atoms with E-state index in [4.69, 9.17) is 5.11 Å². The molecule has 0 aliphatic carbocycles. The predicted molar refractivity (Wildman–Crippen MR) is 49.0 cm³/mol. The van der Waals surface area contributed by atoms with Gasteiger partial charge in [0.1, 0.15) is 0 Å². The molecule has 3 heteroatoms. The molecule has 0 aliphatic rings. The van der Waals surface area contributed by atoms with E-state index in [1.807, 2.05) is 0 Å². The van der Waals surface area contributed by atoms with Crippen molar-refractivity contribution in [1.29, 1.82) is 0 Å². The molecule has 11 heavy (non-hydrogen) atoms. The van der Waals surface area contributed by atoms with Gasteiger partial charge in [-0.15, -0.1) is 0 Å². The molecule has 0 saturated heterocycles. The molecule has 66 valence electrons. The van der Waals surface area contributed by atoms with Crippen molar-refractivity contribution in [2.24, 2.45) is 5.92 Å². The second-order valence-electron chi connectivity index (χ2n) is 3.66. The second-order valence-corrected chi connectivity index (χ2v) is 5.51. The zero-order valence-electron chi connectivity index (χ0n) is 7.55. The Morgan fingerprint density at radius 1 is 1.55 bits per heavy atom. The molecule has 0 spiro atoms. The van der Waals surface area contributed by atoms with Crippen LogP contribution in [0.2, 0.25) is 0 Å². The lowest BCUT2D eigenvalue weighted by Gasteiger charge is -2.18. The summed E-state index contributed by atoms with van der Waals surface area (Å²) in [5.41, 5.74) is 0. The van der Waals surface area contributed by atoms with Crippen molar-refractivity contribution >= 4 is 17.7 Å². The summed E-state index contributed by atoms with van der Waals surface area (Å²) in [7, 11) is 0. The summed E-state index contributed by atoms with van der Waals surface area (Å²) >= 11 is 1.69. The summed E-state index contributed by atoms with van der Waals surface area (Å²) in [6.45, 7) is 8.01. The van der Waals surface area contributed by atoms with Gasteiger partial charge >= 0.3 is 5.97 Å². The highest BCUT2D eigenvalue weighted by molar-refractivity contribution is 8.00. The van der Waals surface area contributed by atoms with Gasteiger partial charge < -0.3 is 5.11 Å². The topological polar surface area (TPSA) is 37.3 Å². The van der Waals surface area contributed by atoms with Gasteiger partial charge in [-0.1, -0.05) is 27.7 Å². The van der Waals surface area contributed by atoms with Gasteiger partial charge in [0, 0.05) is 10.5 Å². The zero-order valence-corrected chi connectivity index (χ0v) is 8.36. The van der Waals surface area contributed by atoms with Gasteiger partial charge in [0.2, 0.25) is 0 Å². The van der Waals surface area contributed by atoms with Crippen LogP contribution in [-0.2, 0) is 4.79 Å². The van der Waals surface area contributed by atoms with Crippen molar-refractivity contribution in [1.82, 2.24) is 0 Å². The van der Waals surface area contributed by atoms with E-state index in [9.17, 15) is 4.79 Å². The first-order chi connectivity index (χ1) is 4.83. The molecule has 1 N–H and O–H groups in total. The summed E-state index contributed by atoms with van der Waals surface area (Å²) < 4.78 is 0.170. The highest BCUT2D eigenvalue weighted by atomic mass is 32.2. The molecule has 0 aromatic rings. The number of rotatable bonds is 3. The number of carbonyl (C=O) groups is 1. The maximum Gasteiger partial charge on any atom is 0.307 e. The SMILES string of the molecule is CC(CSC(C)(C)C)C(=O)O. The predicted octanol–water partition coefficient (Wildman–Crippen LogP) is 2.24. The van der Waals surface area contributed by atoms with Crippen LogP contribution in [-0.4, -0.2) is 21.6 Å². The third kappa shape index (κ3) is 6.23. The number of hydrogen-bond donors (Lipinski definition) is 1. The Morgan fingerprint density at radius 3 is 2.27 bits per heavy atom. The number of aliphatic carboxylic acids is 1. The normalized spacial score (nSPS) is 14.5. The highest BCUT2D eigenvalue weighted by Crippen LogP contribution is 2.25. The smallest absolute Gasteiger partial charge is 0.307 e. The zero-order chi connectivity index (χ0) is 9.07. The Balaban J connectivity index is 3.63. The van der Waals surface area contributed by atoms with E-state index in [0.717, 1.165) is 0 Å². The molecular formula is C8H16O2S. The number of hydrogen-bond acceptors (Lipinski definition) is 2. The molecule has 0 fully saturated rings. The number of carboxylic acid groups (broad SMARTS) is 1. The molecule has 0 radical (unpaired) electrons. The van der Waals surface area contributed by atoms with Gasteiger partial charge in [-0.3, -0.25) is 4.79 Å². The molecule has 0 aromatic carbocycles. The van der Waals surface area contributed by atoms with Crippen LogP contribution in [0.4, 0.5) is 0 Å². The summed E-state index contributed by atoms with van der Waals surface area (Å²) in [6.07, 6.45) is 0. The molecule has 0 rings (SSSR count). The maximum absolute atomic E-state index is 10.4. The summed E-state index contributed by atoms with van der Waals surface area (Å²) in [5.74, 6) is -0.250. The molecule has 0 aliphatic heterocycles. The van der Waals surface area contributed by atoms with Gasteiger partial charge in [0.15, 0.2) is 0 Å². The molecule has 0 aromatic heterocycles. The Kier molecular flexibility index (Phi) is 3.93. The summed E-state index contributed by atoms with van der Waals surface area (Å²) in [6, 6.07) is 0. The van der Waals surface area contributed by atoms with Crippen LogP contribution in [0, 0.1) is 5.92 Å². The van der Waals surface area contributed by atoms with Crippen LogP contribution in [0.25, 0.3) is 0 Å². The van der Waals surface area contributed by atoms with E-state index in [1.54, 1.807) is 18.7 Å². The van der Waals surface area contributed by atoms with Crippen molar-refractivity contribution in [2.45, 2.75) is 32.4 Å². The van der Waals surface area contributed by atoms with Gasteiger partial charge in [0.05, 0.1) is 5.92 Å². The van der Waals surface area contributed by atoms with Crippen LogP contribution in [0.15, 0.2) is 0 Å². The second kappa shape index (κ2) is 4.00. The van der Waals surface area contributed by atoms with Gasteiger partial charge in [-0.05, 0) is 0 Å². The maximum atomic E-state index is 10.4. The molecule has 1 unspecified atom stereocenters. The number of carboxylic acids is 1. The van der Waals surface area contributed by atoms with Crippen molar-refractivity contribution in [2.75, 3.05) is 5.75 Å². The third-order valence-electron chi connectivity index (χ3n) is 1.19. The molecule has 2 nitrogen and oxygen atoms in total. The third-order valence-corrected chi connectivity index (χ3v) is 2.72. The van der Waals surface area contributed by atoms with Gasteiger partial charge in [-0.2, -0.15) is 11.8 Å². The molecule has 0 heterocycles. The van der Waals surface area contributed by atoms with E-state index in [1.165, 1.54) is 0 Å². The van der Waals surface area contributed by atoms with Crippen LogP contribution in [0.5, 0.6) is 0 Å². The van der Waals surface area contributed by atoms with Gasteiger partial charge in [0.25, 0.3) is 0 Å². The Labute approximate surface area is 72.4 Å². The minimum atomic E-state index is -0.707. The van der Waals surface area contributed by atoms with Crippen molar-refractivity contribution in [3.63, 3.8) is 0 Å². The Hall–Kier alpha value is -0.180. The lowest BCUT2D eigenvalue weighted by Crippen LogP contribution is -2.17. The van der Waals surface area contributed by atoms with E-state index >= 15 is 0 Å². The van der Waals surface area contributed by atoms with Crippen LogP contribution in [0.1, 0.15) is 27.7 Å². The van der Waals surface area contributed by atoms with Crippen LogP contribution < -0.4 is 0 Å². The first kappa shape index (κ1) is 10.8. The highest BCUT2D eigenvalue weighted by Gasteiger charge is 2.16. The number of thioether (sulfide) groups is 1. The van der Waals surface area contributed by atoms with Crippen molar-refractivity contribution in [3.05, 3.63) is 0 Å². The van der Waals surface area contributed by atoms with E-state index in [0.29, 0.717) is 5.75 Å². The van der Waals surface area contributed by atoms with Crippen LogP contribution in [0.3, 0.4) is 0 Å². The van der Waals surface area contributed by atoms with E-state index < -0.39 is 5.97 Å². The molecule has 0 saturated carbocycles. The molecular weight excluding hydrogens is 160 g/mol. The molecule has 0 amide bonds. The van der Waals surface area contributed by atoms with Crippen molar-refractivity contribution in [3.8, 4) is 0 Å². The van der Waals surface area contributed by atoms with Crippen LogP contribution >= 0.6 is 11.8 Å². The Morgan fingerprint density at radius 2 is 2.00 bits per heavy atom. The fraction of sp³-hybridized carbons (Fsp3) is 0.875.